The Hall–Kier alpha value is -1.35. The fourth-order valence-electron chi connectivity index (χ4n) is 2.39. The number of hydrogen-bond acceptors (Lipinski definition) is 2. The largest absolute Gasteiger partial charge is 0.496 e. The Morgan fingerprint density at radius 1 is 1.29 bits per heavy atom. The van der Waals surface area contributed by atoms with Gasteiger partial charge in [-0.15, -0.1) is 0 Å². The summed E-state index contributed by atoms with van der Waals surface area (Å²) in [5.74, 6) is 1.60. The standard InChI is InChI=1S/C18H21BrO2/c1-12(2)4-6-14-7-8-15(18(14)20)10-13-5-9-17(21-3)16(19)11-13/h5-6,9-12H,4,7-8H2,1-3H3/b14-6+,15-10+. The molecule has 1 aromatic rings. The fraction of sp³-hybridized carbons (Fsp3) is 0.389. The molecule has 0 saturated heterocycles. The molecule has 3 heteroatoms. The van der Waals surface area contributed by atoms with Crippen molar-refractivity contribution in [1.82, 2.24) is 0 Å². The van der Waals surface area contributed by atoms with Gasteiger partial charge < -0.3 is 4.74 Å². The molecule has 0 aliphatic heterocycles. The van der Waals surface area contributed by atoms with Crippen molar-refractivity contribution in [1.29, 1.82) is 0 Å². The molecule has 0 heterocycles. The number of allylic oxidation sites excluding steroid dienone is 3. The number of rotatable bonds is 4. The molecule has 1 aliphatic carbocycles. The van der Waals surface area contributed by atoms with Crippen molar-refractivity contribution in [2.24, 2.45) is 5.92 Å². The molecule has 1 saturated carbocycles. The number of ether oxygens (including phenoxy) is 1. The summed E-state index contributed by atoms with van der Waals surface area (Å²) in [6.45, 7) is 4.34. The average molecular weight is 349 g/mol. The van der Waals surface area contributed by atoms with Crippen molar-refractivity contribution in [2.45, 2.75) is 33.1 Å². The number of Topliss-reactive ketones (excluding diaryl/α,β-unsaturated/α-hetero) is 1. The van der Waals surface area contributed by atoms with Crippen molar-refractivity contribution in [2.75, 3.05) is 7.11 Å². The van der Waals surface area contributed by atoms with Crippen molar-refractivity contribution >= 4 is 27.8 Å². The van der Waals surface area contributed by atoms with Gasteiger partial charge in [-0.05, 0) is 70.5 Å². The summed E-state index contributed by atoms with van der Waals surface area (Å²) in [6.07, 6.45) is 6.78. The van der Waals surface area contributed by atoms with Crippen LogP contribution in [0.1, 0.15) is 38.7 Å². The minimum Gasteiger partial charge on any atom is -0.496 e. The SMILES string of the molecule is COc1ccc(/C=C2\CC/C(=C\CC(C)C)C2=O)cc1Br. The predicted octanol–water partition coefficient (Wildman–Crippen LogP) is 5.18. The van der Waals surface area contributed by atoms with E-state index in [1.807, 2.05) is 24.3 Å². The van der Waals surface area contributed by atoms with E-state index in [1.165, 1.54) is 0 Å². The predicted molar refractivity (Wildman–Crippen MR) is 90.5 cm³/mol. The minimum atomic E-state index is 0.211. The van der Waals surface area contributed by atoms with E-state index in [2.05, 4.69) is 35.9 Å². The number of methoxy groups -OCH3 is 1. The summed E-state index contributed by atoms with van der Waals surface area (Å²) in [5.41, 5.74) is 2.90. The highest BCUT2D eigenvalue weighted by atomic mass is 79.9. The van der Waals surface area contributed by atoms with Crippen LogP contribution in [0.3, 0.4) is 0 Å². The lowest BCUT2D eigenvalue weighted by atomic mass is 10.1. The Bertz CT molecular complexity index is 597. The molecule has 2 rings (SSSR count). The van der Waals surface area contributed by atoms with Gasteiger partial charge in [-0.25, -0.2) is 0 Å². The molecule has 0 N–H and O–H groups in total. The quantitative estimate of drug-likeness (QED) is 0.701. The van der Waals surface area contributed by atoms with E-state index in [1.54, 1.807) is 7.11 Å². The van der Waals surface area contributed by atoms with Crippen LogP contribution >= 0.6 is 15.9 Å². The van der Waals surface area contributed by atoms with Gasteiger partial charge in [-0.1, -0.05) is 26.0 Å². The van der Waals surface area contributed by atoms with Crippen LogP contribution in [0.15, 0.2) is 39.9 Å². The van der Waals surface area contributed by atoms with Crippen LogP contribution in [-0.2, 0) is 4.79 Å². The molecule has 0 radical (unpaired) electrons. The lowest BCUT2D eigenvalue weighted by Crippen LogP contribution is -1.96. The summed E-state index contributed by atoms with van der Waals surface area (Å²) in [6, 6.07) is 5.86. The van der Waals surface area contributed by atoms with E-state index >= 15 is 0 Å². The van der Waals surface area contributed by atoms with Crippen LogP contribution in [0.4, 0.5) is 0 Å². The minimum absolute atomic E-state index is 0.211. The van der Waals surface area contributed by atoms with Crippen LogP contribution in [0.25, 0.3) is 6.08 Å². The molecule has 1 fully saturated rings. The Labute approximate surface area is 135 Å². The van der Waals surface area contributed by atoms with Crippen LogP contribution < -0.4 is 4.74 Å². The molecular weight excluding hydrogens is 328 g/mol. The molecular formula is C18H21BrO2. The summed E-state index contributed by atoms with van der Waals surface area (Å²) in [7, 11) is 1.64. The second-order valence-electron chi connectivity index (χ2n) is 5.75. The fourth-order valence-corrected chi connectivity index (χ4v) is 2.95. The third kappa shape index (κ3) is 4.07. The van der Waals surface area contributed by atoms with Gasteiger partial charge in [-0.2, -0.15) is 0 Å². The molecule has 21 heavy (non-hydrogen) atoms. The Kier molecular flexibility index (Phi) is 5.40. The number of halogens is 1. The monoisotopic (exact) mass is 348 g/mol. The van der Waals surface area contributed by atoms with E-state index in [4.69, 9.17) is 4.74 Å². The van der Waals surface area contributed by atoms with Crippen molar-refractivity contribution in [3.63, 3.8) is 0 Å². The lowest BCUT2D eigenvalue weighted by molar-refractivity contribution is -0.111. The maximum atomic E-state index is 12.4. The third-order valence-corrected chi connectivity index (χ3v) is 4.22. The second-order valence-corrected chi connectivity index (χ2v) is 6.61. The first-order valence-corrected chi connectivity index (χ1v) is 8.08. The Morgan fingerprint density at radius 2 is 2.00 bits per heavy atom. The Balaban J connectivity index is 2.17. The van der Waals surface area contributed by atoms with Crippen molar-refractivity contribution in [3.05, 3.63) is 45.5 Å². The highest BCUT2D eigenvalue weighted by Crippen LogP contribution is 2.31. The summed E-state index contributed by atoms with van der Waals surface area (Å²) in [5, 5.41) is 0. The van der Waals surface area contributed by atoms with Crippen LogP contribution in [0.5, 0.6) is 5.75 Å². The molecule has 0 amide bonds. The Morgan fingerprint density at radius 3 is 2.62 bits per heavy atom. The highest BCUT2D eigenvalue weighted by Gasteiger charge is 2.22. The smallest absolute Gasteiger partial charge is 0.184 e. The van der Waals surface area contributed by atoms with Crippen LogP contribution in [0, 0.1) is 5.92 Å². The maximum Gasteiger partial charge on any atom is 0.184 e. The number of carbonyl (C=O) groups is 1. The van der Waals surface area contributed by atoms with Crippen molar-refractivity contribution in [3.8, 4) is 5.75 Å². The topological polar surface area (TPSA) is 26.3 Å². The summed E-state index contributed by atoms with van der Waals surface area (Å²) < 4.78 is 6.12. The van der Waals surface area contributed by atoms with E-state index in [-0.39, 0.29) is 5.78 Å². The first-order chi connectivity index (χ1) is 10.0. The van der Waals surface area contributed by atoms with E-state index < -0.39 is 0 Å². The molecule has 0 atom stereocenters. The molecule has 112 valence electrons. The second kappa shape index (κ2) is 7.08. The molecule has 1 aromatic carbocycles. The zero-order valence-electron chi connectivity index (χ0n) is 12.8. The molecule has 0 bridgehead atoms. The molecule has 1 aliphatic rings. The third-order valence-electron chi connectivity index (χ3n) is 3.60. The van der Waals surface area contributed by atoms with Gasteiger partial charge in [0.25, 0.3) is 0 Å². The van der Waals surface area contributed by atoms with Gasteiger partial charge in [-0.3, -0.25) is 4.79 Å². The lowest BCUT2D eigenvalue weighted by Gasteiger charge is -2.04. The first kappa shape index (κ1) is 16.0. The zero-order chi connectivity index (χ0) is 15.4. The number of benzene rings is 1. The van der Waals surface area contributed by atoms with Crippen LogP contribution in [0.2, 0.25) is 0 Å². The molecule has 2 nitrogen and oxygen atoms in total. The number of ketones is 1. The van der Waals surface area contributed by atoms with E-state index in [0.717, 1.165) is 46.2 Å². The maximum absolute atomic E-state index is 12.4. The van der Waals surface area contributed by atoms with Crippen LogP contribution in [-0.4, -0.2) is 12.9 Å². The average Bonchev–Trinajstić information content (AvgIpc) is 2.78. The van der Waals surface area contributed by atoms with Gasteiger partial charge in [0.15, 0.2) is 5.78 Å². The first-order valence-electron chi connectivity index (χ1n) is 7.29. The molecule has 0 spiro atoms. The van der Waals surface area contributed by atoms with Gasteiger partial charge in [0.2, 0.25) is 0 Å². The van der Waals surface area contributed by atoms with Gasteiger partial charge in [0.1, 0.15) is 5.75 Å². The van der Waals surface area contributed by atoms with Gasteiger partial charge in [0.05, 0.1) is 11.6 Å². The highest BCUT2D eigenvalue weighted by molar-refractivity contribution is 9.10. The number of carbonyl (C=O) groups excluding carboxylic acids is 1. The normalized spacial score (nSPS) is 19.0. The van der Waals surface area contributed by atoms with E-state index in [9.17, 15) is 4.79 Å². The van der Waals surface area contributed by atoms with Crippen molar-refractivity contribution < 1.29 is 9.53 Å². The number of hydrogen-bond donors (Lipinski definition) is 0. The summed E-state index contributed by atoms with van der Waals surface area (Å²) in [4.78, 5) is 12.4. The zero-order valence-corrected chi connectivity index (χ0v) is 14.4. The van der Waals surface area contributed by atoms with Gasteiger partial charge in [0, 0.05) is 5.57 Å². The summed E-state index contributed by atoms with van der Waals surface area (Å²) >= 11 is 3.47. The molecule has 0 aromatic heterocycles. The molecule has 0 unspecified atom stereocenters. The van der Waals surface area contributed by atoms with Gasteiger partial charge >= 0.3 is 0 Å². The van der Waals surface area contributed by atoms with E-state index in [0.29, 0.717) is 5.92 Å².